The number of allylic oxidation sites excluding steroid dienone is 1. The van der Waals surface area contributed by atoms with Crippen molar-refractivity contribution in [3.05, 3.63) is 36.2 Å². The van der Waals surface area contributed by atoms with Gasteiger partial charge in [-0.2, -0.15) is 0 Å². The van der Waals surface area contributed by atoms with Crippen LogP contribution in [-0.2, 0) is 4.74 Å². The normalized spacial score (nSPS) is 17.0. The fourth-order valence-corrected chi connectivity index (χ4v) is 2.55. The summed E-state index contributed by atoms with van der Waals surface area (Å²) in [7, 11) is 0. The number of amides is 1. The van der Waals surface area contributed by atoms with Crippen LogP contribution in [0.25, 0.3) is 6.08 Å². The molecule has 0 N–H and O–H groups in total. The minimum Gasteiger partial charge on any atom is -0.444 e. The van der Waals surface area contributed by atoms with E-state index in [1.807, 2.05) is 37.8 Å². The van der Waals surface area contributed by atoms with Crippen molar-refractivity contribution in [3.63, 3.8) is 0 Å². The summed E-state index contributed by atoms with van der Waals surface area (Å²) in [4.78, 5) is 17.8. The molecule has 1 aliphatic rings. The van der Waals surface area contributed by atoms with Gasteiger partial charge in [-0.3, -0.25) is 4.98 Å². The molecule has 1 saturated heterocycles. The first-order chi connectivity index (χ1) is 10.4. The highest BCUT2D eigenvalue weighted by Crippen LogP contribution is 2.23. The molecule has 0 aliphatic carbocycles. The zero-order valence-corrected chi connectivity index (χ0v) is 13.8. The molecular formula is C18H26N2O2. The maximum atomic E-state index is 12.0. The van der Waals surface area contributed by atoms with Crippen LogP contribution in [0.5, 0.6) is 0 Å². The average Bonchev–Trinajstić information content (AvgIpc) is 2.47. The van der Waals surface area contributed by atoms with E-state index in [9.17, 15) is 4.79 Å². The Balaban J connectivity index is 1.73. The van der Waals surface area contributed by atoms with Crippen LogP contribution in [0.3, 0.4) is 0 Å². The van der Waals surface area contributed by atoms with Crippen molar-refractivity contribution in [2.24, 2.45) is 5.92 Å². The van der Waals surface area contributed by atoms with E-state index in [0.29, 0.717) is 5.92 Å². The second-order valence-electron chi connectivity index (χ2n) is 6.83. The molecule has 2 heterocycles. The lowest BCUT2D eigenvalue weighted by atomic mass is 9.93. The Hall–Kier alpha value is -1.84. The van der Waals surface area contributed by atoms with Crippen LogP contribution in [0.4, 0.5) is 4.79 Å². The molecule has 0 radical (unpaired) electrons. The number of carbonyl (C=O) groups excluding carboxylic acids is 1. The lowest BCUT2D eigenvalue weighted by Crippen LogP contribution is -2.41. The topological polar surface area (TPSA) is 42.4 Å². The first-order valence-electron chi connectivity index (χ1n) is 7.98. The number of likely N-dealkylation sites (tertiary alicyclic amines) is 1. The van der Waals surface area contributed by atoms with E-state index in [1.54, 1.807) is 12.4 Å². The second-order valence-corrected chi connectivity index (χ2v) is 6.83. The van der Waals surface area contributed by atoms with E-state index in [0.717, 1.165) is 32.4 Å². The fourth-order valence-electron chi connectivity index (χ4n) is 2.55. The molecule has 0 aromatic carbocycles. The standard InChI is InChI=1S/C18H26N2O2/c1-18(2,3)22-17(21)20-13-9-16(10-14-20)6-4-5-15-7-11-19-12-8-15/h4-5,7-8,11-12,16H,6,9-10,13-14H2,1-3H3. The predicted molar refractivity (Wildman–Crippen MR) is 88.4 cm³/mol. The molecule has 0 spiro atoms. The zero-order chi connectivity index (χ0) is 16.0. The van der Waals surface area contributed by atoms with Gasteiger partial charge < -0.3 is 9.64 Å². The van der Waals surface area contributed by atoms with Gasteiger partial charge in [-0.15, -0.1) is 0 Å². The number of ether oxygens (including phenoxy) is 1. The van der Waals surface area contributed by atoms with E-state index in [4.69, 9.17) is 4.74 Å². The summed E-state index contributed by atoms with van der Waals surface area (Å²) in [5.74, 6) is 0.650. The maximum absolute atomic E-state index is 12.0. The van der Waals surface area contributed by atoms with Gasteiger partial charge in [0.05, 0.1) is 0 Å². The van der Waals surface area contributed by atoms with Gasteiger partial charge in [0.2, 0.25) is 0 Å². The Morgan fingerprint density at radius 2 is 1.95 bits per heavy atom. The molecule has 1 amide bonds. The second kappa shape index (κ2) is 7.43. The van der Waals surface area contributed by atoms with E-state index >= 15 is 0 Å². The third kappa shape index (κ3) is 5.51. The van der Waals surface area contributed by atoms with Crippen LogP contribution in [-0.4, -0.2) is 34.7 Å². The lowest BCUT2D eigenvalue weighted by Gasteiger charge is -2.33. The largest absolute Gasteiger partial charge is 0.444 e. The summed E-state index contributed by atoms with van der Waals surface area (Å²) >= 11 is 0. The Kier molecular flexibility index (Phi) is 5.58. The van der Waals surface area contributed by atoms with Crippen LogP contribution in [0, 0.1) is 5.92 Å². The minimum atomic E-state index is -0.415. The summed E-state index contributed by atoms with van der Waals surface area (Å²) in [5.41, 5.74) is 0.766. The molecule has 4 nitrogen and oxygen atoms in total. The lowest BCUT2D eigenvalue weighted by molar-refractivity contribution is 0.0185. The summed E-state index contributed by atoms with van der Waals surface area (Å²) in [5, 5.41) is 0. The molecule has 0 atom stereocenters. The number of aromatic nitrogens is 1. The van der Waals surface area contributed by atoms with Crippen molar-refractivity contribution in [1.29, 1.82) is 0 Å². The summed E-state index contributed by atoms with van der Waals surface area (Å²) in [6, 6.07) is 4.00. The highest BCUT2D eigenvalue weighted by Gasteiger charge is 2.26. The first-order valence-corrected chi connectivity index (χ1v) is 7.98. The molecular weight excluding hydrogens is 276 g/mol. The van der Waals surface area contributed by atoms with Gasteiger partial charge in [0.1, 0.15) is 5.60 Å². The molecule has 1 aromatic rings. The van der Waals surface area contributed by atoms with Crippen molar-refractivity contribution < 1.29 is 9.53 Å². The molecule has 2 rings (SSSR count). The van der Waals surface area contributed by atoms with Crippen LogP contribution in [0.1, 0.15) is 45.6 Å². The van der Waals surface area contributed by atoms with Gasteiger partial charge >= 0.3 is 6.09 Å². The highest BCUT2D eigenvalue weighted by molar-refractivity contribution is 5.68. The first kappa shape index (κ1) is 16.5. The van der Waals surface area contributed by atoms with Crippen LogP contribution in [0.2, 0.25) is 0 Å². The van der Waals surface area contributed by atoms with Gasteiger partial charge in [0.25, 0.3) is 0 Å². The third-order valence-corrected chi connectivity index (χ3v) is 3.75. The summed E-state index contributed by atoms with van der Waals surface area (Å²) in [6.45, 7) is 7.30. The van der Waals surface area contributed by atoms with Crippen molar-refractivity contribution in [2.75, 3.05) is 13.1 Å². The molecule has 120 valence electrons. The van der Waals surface area contributed by atoms with Crippen molar-refractivity contribution in [3.8, 4) is 0 Å². The Bertz CT molecular complexity index is 498. The number of hydrogen-bond donors (Lipinski definition) is 0. The van der Waals surface area contributed by atoms with Crippen LogP contribution >= 0.6 is 0 Å². The molecule has 1 aliphatic heterocycles. The summed E-state index contributed by atoms with van der Waals surface area (Å²) in [6.07, 6.45) is 10.9. The molecule has 1 aromatic heterocycles. The average molecular weight is 302 g/mol. The number of carbonyl (C=O) groups is 1. The predicted octanol–water partition coefficient (Wildman–Crippen LogP) is 4.13. The van der Waals surface area contributed by atoms with Crippen molar-refractivity contribution in [1.82, 2.24) is 9.88 Å². The monoisotopic (exact) mass is 302 g/mol. The zero-order valence-electron chi connectivity index (χ0n) is 13.8. The van der Waals surface area contributed by atoms with E-state index in [2.05, 4.69) is 17.1 Å². The highest BCUT2D eigenvalue weighted by atomic mass is 16.6. The van der Waals surface area contributed by atoms with Crippen LogP contribution < -0.4 is 0 Å². The third-order valence-electron chi connectivity index (χ3n) is 3.75. The van der Waals surface area contributed by atoms with Gasteiger partial charge in [-0.1, -0.05) is 12.2 Å². The van der Waals surface area contributed by atoms with Gasteiger partial charge in [-0.25, -0.2) is 4.79 Å². The Labute approximate surface area is 133 Å². The maximum Gasteiger partial charge on any atom is 0.410 e. The number of pyridine rings is 1. The number of piperidine rings is 1. The number of rotatable bonds is 3. The molecule has 0 saturated carbocycles. The smallest absolute Gasteiger partial charge is 0.410 e. The number of nitrogens with zero attached hydrogens (tertiary/aromatic N) is 2. The summed E-state index contributed by atoms with van der Waals surface area (Å²) < 4.78 is 5.42. The molecule has 0 unspecified atom stereocenters. The van der Waals surface area contributed by atoms with Crippen molar-refractivity contribution >= 4 is 12.2 Å². The number of hydrogen-bond acceptors (Lipinski definition) is 3. The van der Waals surface area contributed by atoms with Crippen molar-refractivity contribution in [2.45, 2.75) is 45.6 Å². The van der Waals surface area contributed by atoms with Gasteiger partial charge in [0, 0.05) is 25.5 Å². The van der Waals surface area contributed by atoms with Gasteiger partial charge in [-0.05, 0) is 63.6 Å². The SMILES string of the molecule is CC(C)(C)OC(=O)N1CCC(CC=Cc2ccncc2)CC1. The molecule has 22 heavy (non-hydrogen) atoms. The molecule has 4 heteroatoms. The van der Waals surface area contributed by atoms with E-state index in [-0.39, 0.29) is 6.09 Å². The quantitative estimate of drug-likeness (QED) is 0.843. The molecule has 0 bridgehead atoms. The fraction of sp³-hybridized carbons (Fsp3) is 0.556. The minimum absolute atomic E-state index is 0.182. The van der Waals surface area contributed by atoms with E-state index in [1.165, 1.54) is 5.56 Å². The van der Waals surface area contributed by atoms with Crippen LogP contribution in [0.15, 0.2) is 30.6 Å². The Morgan fingerprint density at radius 1 is 1.32 bits per heavy atom. The van der Waals surface area contributed by atoms with Gasteiger partial charge in [0.15, 0.2) is 0 Å². The van der Waals surface area contributed by atoms with E-state index < -0.39 is 5.60 Å². The Morgan fingerprint density at radius 3 is 2.55 bits per heavy atom. The molecule has 1 fully saturated rings.